The molecular formula is C16H15Cl2N5O. The summed E-state index contributed by atoms with van der Waals surface area (Å²) in [5.41, 5.74) is 1.97. The zero-order valence-corrected chi connectivity index (χ0v) is 14.6. The molecule has 6 nitrogen and oxygen atoms in total. The van der Waals surface area contributed by atoms with Gasteiger partial charge < -0.3 is 5.32 Å². The van der Waals surface area contributed by atoms with Crippen molar-refractivity contribution in [3.8, 4) is 0 Å². The molecule has 124 valence electrons. The smallest absolute Gasteiger partial charge is 0.278 e. The van der Waals surface area contributed by atoms with Gasteiger partial charge >= 0.3 is 0 Å². The Bertz CT molecular complexity index is 883. The van der Waals surface area contributed by atoms with Gasteiger partial charge in [-0.2, -0.15) is 10.2 Å². The molecule has 0 saturated heterocycles. The van der Waals surface area contributed by atoms with Crippen LogP contribution in [0.25, 0.3) is 0 Å². The number of carbonyl (C=O) groups is 1. The number of hydrogen-bond acceptors (Lipinski definition) is 3. The third-order valence-electron chi connectivity index (χ3n) is 3.62. The van der Waals surface area contributed by atoms with Crippen LogP contribution in [-0.4, -0.2) is 25.5 Å². The van der Waals surface area contributed by atoms with Crippen LogP contribution in [0.4, 0.5) is 5.82 Å². The summed E-state index contributed by atoms with van der Waals surface area (Å²) >= 11 is 12.0. The second-order valence-corrected chi connectivity index (χ2v) is 6.17. The largest absolute Gasteiger partial charge is 0.304 e. The molecular weight excluding hydrogens is 349 g/mol. The van der Waals surface area contributed by atoms with Crippen molar-refractivity contribution in [2.24, 2.45) is 7.05 Å². The first-order valence-electron chi connectivity index (χ1n) is 7.22. The van der Waals surface area contributed by atoms with E-state index in [0.29, 0.717) is 22.4 Å². The van der Waals surface area contributed by atoms with Gasteiger partial charge in [0.2, 0.25) is 0 Å². The minimum atomic E-state index is -0.388. The van der Waals surface area contributed by atoms with Gasteiger partial charge in [-0.05, 0) is 24.6 Å². The summed E-state index contributed by atoms with van der Waals surface area (Å²) in [5.74, 6) is 0.0498. The van der Waals surface area contributed by atoms with Crippen molar-refractivity contribution < 1.29 is 4.79 Å². The molecule has 0 spiro atoms. The normalized spacial score (nSPS) is 10.8. The number of halogens is 2. The van der Waals surface area contributed by atoms with Crippen molar-refractivity contribution in [2.75, 3.05) is 5.32 Å². The Morgan fingerprint density at radius 1 is 1.17 bits per heavy atom. The van der Waals surface area contributed by atoms with Crippen LogP contribution in [0.5, 0.6) is 0 Å². The van der Waals surface area contributed by atoms with Gasteiger partial charge in [0.15, 0.2) is 11.5 Å². The molecule has 0 aliphatic heterocycles. The molecule has 2 aromatic heterocycles. The molecule has 0 atom stereocenters. The van der Waals surface area contributed by atoms with Gasteiger partial charge in [0.05, 0.1) is 17.3 Å². The monoisotopic (exact) mass is 363 g/mol. The van der Waals surface area contributed by atoms with E-state index in [2.05, 4.69) is 15.5 Å². The van der Waals surface area contributed by atoms with Crippen molar-refractivity contribution in [3.63, 3.8) is 0 Å². The van der Waals surface area contributed by atoms with Crippen LogP contribution >= 0.6 is 23.2 Å². The zero-order valence-electron chi connectivity index (χ0n) is 13.1. The molecule has 24 heavy (non-hydrogen) atoms. The summed E-state index contributed by atoms with van der Waals surface area (Å²) in [6.45, 7) is 2.38. The summed E-state index contributed by atoms with van der Waals surface area (Å²) < 4.78 is 3.29. The lowest BCUT2D eigenvalue weighted by molar-refractivity contribution is 0.102. The van der Waals surface area contributed by atoms with E-state index in [-0.39, 0.29) is 11.6 Å². The topological polar surface area (TPSA) is 64.7 Å². The highest BCUT2D eigenvalue weighted by Crippen LogP contribution is 2.20. The van der Waals surface area contributed by atoms with Gasteiger partial charge in [0, 0.05) is 24.3 Å². The first kappa shape index (κ1) is 16.5. The molecule has 0 radical (unpaired) electrons. The average Bonchev–Trinajstić information content (AvgIpc) is 3.09. The van der Waals surface area contributed by atoms with Crippen molar-refractivity contribution >= 4 is 34.9 Å². The highest BCUT2D eigenvalue weighted by molar-refractivity contribution is 6.34. The number of aromatic nitrogens is 4. The Morgan fingerprint density at radius 3 is 2.50 bits per heavy atom. The lowest BCUT2D eigenvalue weighted by Gasteiger charge is -2.02. The van der Waals surface area contributed by atoms with Crippen molar-refractivity contribution in [1.29, 1.82) is 0 Å². The van der Waals surface area contributed by atoms with Crippen LogP contribution in [0.3, 0.4) is 0 Å². The van der Waals surface area contributed by atoms with Gasteiger partial charge in [-0.25, -0.2) is 0 Å². The molecule has 0 aliphatic rings. The Hall–Kier alpha value is -2.31. The first-order chi connectivity index (χ1) is 11.4. The molecule has 3 aromatic rings. The van der Waals surface area contributed by atoms with Crippen molar-refractivity contribution in [2.45, 2.75) is 13.5 Å². The third-order valence-corrected chi connectivity index (χ3v) is 4.32. The molecule has 0 saturated carbocycles. The SMILES string of the molecule is Cc1c(Cl)c(C(=O)Nc2ccn(Cc3ccc(Cl)cc3)n2)nn1C. The van der Waals surface area contributed by atoms with Gasteiger partial charge in [-0.1, -0.05) is 35.3 Å². The number of hydrogen-bond donors (Lipinski definition) is 1. The lowest BCUT2D eigenvalue weighted by Crippen LogP contribution is -2.14. The number of nitrogens with one attached hydrogen (secondary N) is 1. The Labute approximate surface area is 149 Å². The second-order valence-electron chi connectivity index (χ2n) is 5.35. The fourth-order valence-corrected chi connectivity index (χ4v) is 2.57. The van der Waals surface area contributed by atoms with Crippen LogP contribution in [0, 0.1) is 6.92 Å². The van der Waals surface area contributed by atoms with E-state index < -0.39 is 0 Å². The Balaban J connectivity index is 1.70. The number of rotatable bonds is 4. The molecule has 0 fully saturated rings. The Morgan fingerprint density at radius 2 is 1.88 bits per heavy atom. The number of anilines is 1. The number of benzene rings is 1. The molecule has 1 aromatic carbocycles. The molecule has 2 heterocycles. The second kappa shape index (κ2) is 6.67. The quantitative estimate of drug-likeness (QED) is 0.770. The van der Waals surface area contributed by atoms with Crippen molar-refractivity contribution in [3.05, 3.63) is 63.5 Å². The van der Waals surface area contributed by atoms with E-state index in [0.717, 1.165) is 11.3 Å². The summed E-state index contributed by atoms with van der Waals surface area (Å²) in [6.07, 6.45) is 1.79. The standard InChI is InChI=1S/C16H15Cl2N5O/c1-10-14(18)15(21-22(10)2)16(24)19-13-7-8-23(20-13)9-11-3-5-12(17)6-4-11/h3-8H,9H2,1-2H3,(H,19,20,24). The maximum Gasteiger partial charge on any atom is 0.278 e. The van der Waals surface area contributed by atoms with Crippen LogP contribution in [0.2, 0.25) is 10.0 Å². The average molecular weight is 364 g/mol. The summed E-state index contributed by atoms with van der Waals surface area (Å²) in [5, 5.41) is 12.2. The number of nitrogens with zero attached hydrogens (tertiary/aromatic N) is 4. The van der Waals surface area contributed by atoms with Crippen molar-refractivity contribution in [1.82, 2.24) is 19.6 Å². The fourth-order valence-electron chi connectivity index (χ4n) is 2.20. The molecule has 1 N–H and O–H groups in total. The first-order valence-corrected chi connectivity index (χ1v) is 7.98. The summed E-state index contributed by atoms with van der Waals surface area (Å²) in [4.78, 5) is 12.3. The zero-order chi connectivity index (χ0) is 17.3. The molecule has 0 aliphatic carbocycles. The van der Waals surface area contributed by atoms with E-state index in [1.807, 2.05) is 24.3 Å². The van der Waals surface area contributed by atoms with E-state index in [9.17, 15) is 4.79 Å². The molecule has 3 rings (SSSR count). The molecule has 0 bridgehead atoms. The van der Waals surface area contributed by atoms with Crippen LogP contribution < -0.4 is 5.32 Å². The number of aryl methyl sites for hydroxylation is 1. The predicted octanol–water partition coefficient (Wildman–Crippen LogP) is 3.53. The fraction of sp³-hybridized carbons (Fsp3) is 0.188. The maximum absolute atomic E-state index is 12.3. The van der Waals surface area contributed by atoms with E-state index >= 15 is 0 Å². The van der Waals surface area contributed by atoms with Crippen LogP contribution in [-0.2, 0) is 13.6 Å². The van der Waals surface area contributed by atoms with Crippen LogP contribution in [0.1, 0.15) is 21.7 Å². The van der Waals surface area contributed by atoms with E-state index in [4.69, 9.17) is 23.2 Å². The van der Waals surface area contributed by atoms with Gasteiger partial charge in [-0.3, -0.25) is 14.2 Å². The van der Waals surface area contributed by atoms with E-state index in [1.165, 1.54) is 0 Å². The molecule has 1 amide bonds. The van der Waals surface area contributed by atoms with E-state index in [1.54, 1.807) is 35.6 Å². The molecule has 0 unspecified atom stereocenters. The highest BCUT2D eigenvalue weighted by atomic mass is 35.5. The van der Waals surface area contributed by atoms with Gasteiger partial charge in [0.25, 0.3) is 5.91 Å². The predicted molar refractivity (Wildman–Crippen MR) is 93.7 cm³/mol. The van der Waals surface area contributed by atoms with Crippen LogP contribution in [0.15, 0.2) is 36.5 Å². The lowest BCUT2D eigenvalue weighted by atomic mass is 10.2. The molecule has 8 heteroatoms. The Kier molecular flexibility index (Phi) is 4.59. The number of carbonyl (C=O) groups excluding carboxylic acids is 1. The summed E-state index contributed by atoms with van der Waals surface area (Å²) in [6, 6.07) is 9.23. The minimum absolute atomic E-state index is 0.184. The van der Waals surface area contributed by atoms with Gasteiger partial charge in [0.1, 0.15) is 0 Å². The highest BCUT2D eigenvalue weighted by Gasteiger charge is 2.18. The minimum Gasteiger partial charge on any atom is -0.304 e. The summed E-state index contributed by atoms with van der Waals surface area (Å²) in [7, 11) is 1.73. The van der Waals surface area contributed by atoms with Gasteiger partial charge in [-0.15, -0.1) is 0 Å². The number of amides is 1. The maximum atomic E-state index is 12.3. The third kappa shape index (κ3) is 3.44.